The van der Waals surface area contributed by atoms with Crippen LogP contribution in [0.2, 0.25) is 0 Å². The van der Waals surface area contributed by atoms with Crippen molar-refractivity contribution in [1.82, 2.24) is 25.5 Å². The van der Waals surface area contributed by atoms with Crippen molar-refractivity contribution in [1.29, 1.82) is 0 Å². The van der Waals surface area contributed by atoms with Gasteiger partial charge in [0.1, 0.15) is 11.2 Å². The Morgan fingerprint density at radius 1 is 0.704 bits per heavy atom. The van der Waals surface area contributed by atoms with Gasteiger partial charge in [-0.3, -0.25) is 14.5 Å². The van der Waals surface area contributed by atoms with Gasteiger partial charge in [-0.25, -0.2) is 9.59 Å². The zero-order valence-electron chi connectivity index (χ0n) is 32.4. The highest BCUT2D eigenvalue weighted by Crippen LogP contribution is 2.26. The number of hydrogen-bond donors (Lipinski definition) is 5. The lowest BCUT2D eigenvalue weighted by Crippen LogP contribution is -2.48. The maximum Gasteiger partial charge on any atom is 0.407 e. The van der Waals surface area contributed by atoms with Crippen molar-refractivity contribution < 1.29 is 28.7 Å². The summed E-state index contributed by atoms with van der Waals surface area (Å²) in [6.07, 6.45) is 3.95. The maximum absolute atomic E-state index is 12.9. The minimum absolute atomic E-state index is 0.0457. The number of imide groups is 1. The SMILES string of the molecule is Cc1ccc2[nH]cc(C[C@@H](CN)NC(=O)OC(C)(C)C)c2c1.Cc1ccc2[nH]cc(C[C@@H](CN3C(=O)c4ccccc4C3=O)NC(=O)OC(C)(C)C)c2c1. The van der Waals surface area contributed by atoms with E-state index in [2.05, 4.69) is 51.8 Å². The summed E-state index contributed by atoms with van der Waals surface area (Å²) in [5, 5.41) is 7.92. The number of benzene rings is 3. The van der Waals surface area contributed by atoms with Crippen LogP contribution in [0.4, 0.5) is 9.59 Å². The zero-order chi connectivity index (χ0) is 39.4. The molecule has 3 heterocycles. The molecule has 4 amide bonds. The van der Waals surface area contributed by atoms with Crippen molar-refractivity contribution in [2.75, 3.05) is 13.1 Å². The number of carbonyl (C=O) groups excluding carboxylic acids is 4. The van der Waals surface area contributed by atoms with E-state index in [1.54, 1.807) is 45.0 Å². The van der Waals surface area contributed by atoms with E-state index in [1.807, 2.05) is 52.2 Å². The van der Waals surface area contributed by atoms with E-state index in [0.29, 0.717) is 30.5 Å². The Hall–Kier alpha value is -5.62. The normalized spacial score (nSPS) is 14.0. The van der Waals surface area contributed by atoms with Gasteiger partial charge in [0.25, 0.3) is 11.8 Å². The minimum atomic E-state index is -0.665. The van der Waals surface area contributed by atoms with E-state index in [1.165, 1.54) is 15.8 Å². The van der Waals surface area contributed by atoms with Crippen molar-refractivity contribution in [3.8, 4) is 0 Å². The highest BCUT2D eigenvalue weighted by atomic mass is 16.6. The summed E-state index contributed by atoms with van der Waals surface area (Å²) in [5.41, 5.74) is 11.9. The van der Waals surface area contributed by atoms with Crippen molar-refractivity contribution in [3.05, 3.63) is 106 Å². The van der Waals surface area contributed by atoms with Crippen LogP contribution in [0.3, 0.4) is 0 Å². The highest BCUT2D eigenvalue weighted by molar-refractivity contribution is 6.21. The molecule has 0 spiro atoms. The van der Waals surface area contributed by atoms with Gasteiger partial charge in [0.2, 0.25) is 0 Å². The number of carbonyl (C=O) groups is 4. The predicted octanol–water partition coefficient (Wildman–Crippen LogP) is 7.08. The molecule has 0 saturated heterocycles. The lowest BCUT2D eigenvalue weighted by molar-refractivity contribution is 0.0467. The number of nitrogens with zero attached hydrogens (tertiary/aromatic N) is 1. The zero-order valence-corrected chi connectivity index (χ0v) is 32.4. The average Bonchev–Trinajstić information content (AvgIpc) is 3.73. The fourth-order valence-corrected chi connectivity index (χ4v) is 6.38. The number of fused-ring (bicyclic) bond motifs is 3. The van der Waals surface area contributed by atoms with Crippen molar-refractivity contribution in [2.45, 2.75) is 91.5 Å². The lowest BCUT2D eigenvalue weighted by Gasteiger charge is -2.26. The third kappa shape index (κ3) is 10.1. The first-order valence-electron chi connectivity index (χ1n) is 18.2. The van der Waals surface area contributed by atoms with Gasteiger partial charge in [-0.05, 0) is 116 Å². The number of ether oxygens (including phenoxy) is 2. The molecule has 0 fully saturated rings. The largest absolute Gasteiger partial charge is 0.444 e. The molecule has 286 valence electrons. The Morgan fingerprint density at radius 2 is 1.13 bits per heavy atom. The number of hydrogen-bond acceptors (Lipinski definition) is 7. The van der Waals surface area contributed by atoms with Crippen molar-refractivity contribution in [3.63, 3.8) is 0 Å². The second-order valence-corrected chi connectivity index (χ2v) is 15.8. The molecule has 5 aromatic rings. The average molecular weight is 737 g/mol. The van der Waals surface area contributed by atoms with E-state index in [-0.39, 0.29) is 24.4 Å². The van der Waals surface area contributed by atoms with Crippen LogP contribution in [0.25, 0.3) is 21.8 Å². The highest BCUT2D eigenvalue weighted by Gasteiger charge is 2.37. The van der Waals surface area contributed by atoms with Gasteiger partial charge in [0.05, 0.1) is 23.7 Å². The molecule has 12 heteroatoms. The quantitative estimate of drug-likeness (QED) is 0.101. The molecule has 2 atom stereocenters. The Labute approximate surface area is 316 Å². The van der Waals surface area contributed by atoms with E-state index >= 15 is 0 Å². The van der Waals surface area contributed by atoms with Crippen LogP contribution in [-0.4, -0.2) is 75.2 Å². The molecular weight excluding hydrogens is 684 g/mol. The van der Waals surface area contributed by atoms with Crippen LogP contribution in [-0.2, 0) is 22.3 Å². The third-order valence-electron chi connectivity index (χ3n) is 8.79. The maximum atomic E-state index is 12.9. The number of aryl methyl sites for hydroxylation is 2. The topological polar surface area (TPSA) is 172 Å². The summed E-state index contributed by atoms with van der Waals surface area (Å²) < 4.78 is 10.7. The first kappa shape index (κ1) is 39.6. The third-order valence-corrected chi connectivity index (χ3v) is 8.79. The van der Waals surface area contributed by atoms with Gasteiger partial charge in [-0.1, -0.05) is 35.4 Å². The van der Waals surface area contributed by atoms with Gasteiger partial charge < -0.3 is 35.8 Å². The fourth-order valence-electron chi connectivity index (χ4n) is 6.38. The van der Waals surface area contributed by atoms with Crippen LogP contribution >= 0.6 is 0 Å². The summed E-state index contributed by atoms with van der Waals surface area (Å²) in [6.45, 7) is 15.4. The number of rotatable bonds is 9. The second kappa shape index (κ2) is 16.2. The van der Waals surface area contributed by atoms with Gasteiger partial charge in [0.15, 0.2) is 0 Å². The number of H-pyrrole nitrogens is 2. The van der Waals surface area contributed by atoms with Crippen LogP contribution in [0.1, 0.15) is 84.5 Å². The molecule has 1 aliphatic heterocycles. The number of nitrogens with one attached hydrogen (secondary N) is 4. The summed E-state index contributed by atoms with van der Waals surface area (Å²) in [7, 11) is 0. The fraction of sp³-hybridized carbons (Fsp3) is 0.381. The van der Waals surface area contributed by atoms with Gasteiger partial charge in [-0.2, -0.15) is 0 Å². The number of amides is 4. The van der Waals surface area contributed by atoms with Gasteiger partial charge in [-0.15, -0.1) is 0 Å². The first-order valence-corrected chi connectivity index (χ1v) is 18.2. The van der Waals surface area contributed by atoms with E-state index < -0.39 is 29.4 Å². The number of aromatic nitrogens is 2. The number of nitrogens with two attached hydrogens (primary N) is 1. The van der Waals surface area contributed by atoms with E-state index in [4.69, 9.17) is 15.2 Å². The molecule has 1 aliphatic rings. The first-order chi connectivity index (χ1) is 25.4. The van der Waals surface area contributed by atoms with Crippen molar-refractivity contribution in [2.24, 2.45) is 5.73 Å². The number of aromatic amines is 2. The van der Waals surface area contributed by atoms with Gasteiger partial charge >= 0.3 is 12.2 Å². The van der Waals surface area contributed by atoms with Crippen LogP contribution in [0.15, 0.2) is 73.1 Å². The second-order valence-electron chi connectivity index (χ2n) is 15.8. The van der Waals surface area contributed by atoms with E-state index in [0.717, 1.165) is 33.1 Å². The molecule has 0 saturated carbocycles. The predicted molar refractivity (Wildman–Crippen MR) is 211 cm³/mol. The monoisotopic (exact) mass is 736 g/mol. The molecule has 6 N–H and O–H groups in total. The lowest BCUT2D eigenvalue weighted by atomic mass is 10.0. The molecule has 12 nitrogen and oxygen atoms in total. The minimum Gasteiger partial charge on any atom is -0.444 e. The molecule has 0 aliphatic carbocycles. The molecule has 0 unspecified atom stereocenters. The molecule has 0 bridgehead atoms. The molecule has 6 rings (SSSR count). The molecular formula is C42H52N6O6. The summed E-state index contributed by atoms with van der Waals surface area (Å²) >= 11 is 0. The summed E-state index contributed by atoms with van der Waals surface area (Å²) in [6, 6.07) is 18.5. The Bertz CT molecular complexity index is 2120. The Balaban J connectivity index is 0.000000223. The van der Waals surface area contributed by atoms with Crippen molar-refractivity contribution >= 4 is 45.8 Å². The Morgan fingerprint density at radius 3 is 1.56 bits per heavy atom. The summed E-state index contributed by atoms with van der Waals surface area (Å²) in [4.78, 5) is 57.9. The van der Waals surface area contributed by atoms with Crippen LogP contribution < -0.4 is 16.4 Å². The van der Waals surface area contributed by atoms with E-state index in [9.17, 15) is 19.2 Å². The van der Waals surface area contributed by atoms with Crippen LogP contribution in [0.5, 0.6) is 0 Å². The standard InChI is InChI=1S/C25H27N3O4.C17H25N3O2/c1-15-9-10-21-20(11-15)16(13-26-21)12-17(27-24(31)32-25(2,3)4)14-28-22(29)18-7-5-6-8-19(18)23(28)30;1-11-5-6-15-14(7-11)12(10-19-15)8-13(9-18)20-16(21)22-17(2,3)4/h5-11,13,17,26H,12,14H2,1-4H3,(H,27,31);5-7,10,13,19H,8-9,18H2,1-4H3,(H,20,21)/t17-;13-/m00/s1. The molecule has 0 radical (unpaired) electrons. The molecule has 3 aromatic carbocycles. The summed E-state index contributed by atoms with van der Waals surface area (Å²) in [5.74, 6) is -0.701. The van der Waals surface area contributed by atoms with Crippen LogP contribution in [0, 0.1) is 13.8 Å². The molecule has 54 heavy (non-hydrogen) atoms. The Kier molecular flexibility index (Phi) is 11.9. The number of alkyl carbamates (subject to hydrolysis) is 2. The molecule has 2 aromatic heterocycles. The smallest absolute Gasteiger partial charge is 0.407 e. The van der Waals surface area contributed by atoms with Gasteiger partial charge in [0, 0.05) is 46.8 Å².